The molecule has 0 unspecified atom stereocenters. The number of rotatable bonds is 3. The van der Waals surface area contributed by atoms with E-state index in [2.05, 4.69) is 0 Å². The monoisotopic (exact) mass is 259 g/mol. The Kier molecular flexibility index (Phi) is 3.95. The van der Waals surface area contributed by atoms with Gasteiger partial charge in [0.05, 0.1) is 16.1 Å². The zero-order valence-corrected chi connectivity index (χ0v) is 10.5. The summed E-state index contributed by atoms with van der Waals surface area (Å²) in [7, 11) is 0. The molecule has 88 valence electrons. The highest BCUT2D eigenvalue weighted by Gasteiger charge is 2.19. The van der Waals surface area contributed by atoms with Crippen LogP contribution in [-0.4, -0.2) is 6.10 Å². The molecule has 1 aliphatic rings. The van der Waals surface area contributed by atoms with Crippen LogP contribution in [0.3, 0.4) is 0 Å². The summed E-state index contributed by atoms with van der Waals surface area (Å²) in [6.45, 7) is 0.434. The van der Waals surface area contributed by atoms with E-state index in [4.69, 9.17) is 33.7 Å². The average molecular weight is 260 g/mol. The predicted molar refractivity (Wildman–Crippen MR) is 67.2 cm³/mol. The Labute approximate surface area is 106 Å². The summed E-state index contributed by atoms with van der Waals surface area (Å²) in [6.07, 6.45) is 4.89. The molecule has 2 nitrogen and oxygen atoms in total. The molecule has 1 aromatic rings. The van der Waals surface area contributed by atoms with Crippen molar-refractivity contribution in [1.82, 2.24) is 0 Å². The second kappa shape index (κ2) is 5.26. The fraction of sp³-hybridized carbons (Fsp3) is 0.500. The minimum absolute atomic E-state index is 0.263. The highest BCUT2D eigenvalue weighted by atomic mass is 35.5. The first kappa shape index (κ1) is 12.0. The lowest BCUT2D eigenvalue weighted by Gasteiger charge is -2.16. The van der Waals surface area contributed by atoms with Crippen molar-refractivity contribution in [2.24, 2.45) is 5.73 Å². The fourth-order valence-electron chi connectivity index (χ4n) is 2.02. The number of hydrogen-bond acceptors (Lipinski definition) is 2. The number of hydrogen-bond donors (Lipinski definition) is 1. The Hall–Kier alpha value is -0.440. The Bertz CT molecular complexity index is 352. The summed E-state index contributed by atoms with van der Waals surface area (Å²) in [5.74, 6) is 0.604. The minimum atomic E-state index is 0.263. The Balaban J connectivity index is 2.19. The van der Waals surface area contributed by atoms with Crippen LogP contribution in [0.15, 0.2) is 12.1 Å². The van der Waals surface area contributed by atoms with Crippen LogP contribution < -0.4 is 10.5 Å². The zero-order valence-electron chi connectivity index (χ0n) is 9.01. The highest BCUT2D eigenvalue weighted by Crippen LogP contribution is 2.36. The molecule has 0 atom stereocenters. The first-order valence-corrected chi connectivity index (χ1v) is 6.31. The first-order valence-electron chi connectivity index (χ1n) is 5.55. The zero-order chi connectivity index (χ0) is 11.5. The maximum absolute atomic E-state index is 6.13. The lowest BCUT2D eigenvalue weighted by molar-refractivity contribution is 0.210. The maximum atomic E-state index is 6.13. The molecular weight excluding hydrogens is 245 g/mol. The summed E-state index contributed by atoms with van der Waals surface area (Å²) >= 11 is 12.3. The van der Waals surface area contributed by atoms with Crippen molar-refractivity contribution in [3.8, 4) is 5.75 Å². The molecule has 0 aromatic heterocycles. The first-order chi connectivity index (χ1) is 7.70. The van der Waals surface area contributed by atoms with Gasteiger partial charge in [-0.15, -0.1) is 0 Å². The van der Waals surface area contributed by atoms with E-state index in [1.54, 1.807) is 0 Å². The minimum Gasteiger partial charge on any atom is -0.487 e. The number of ether oxygens (including phenoxy) is 1. The van der Waals surface area contributed by atoms with E-state index in [1.807, 2.05) is 12.1 Å². The van der Waals surface area contributed by atoms with Crippen molar-refractivity contribution in [3.05, 3.63) is 27.7 Å². The second-order valence-corrected chi connectivity index (χ2v) is 4.93. The van der Waals surface area contributed by atoms with Crippen molar-refractivity contribution in [2.75, 3.05) is 0 Å². The van der Waals surface area contributed by atoms with Crippen LogP contribution in [-0.2, 0) is 6.54 Å². The van der Waals surface area contributed by atoms with Crippen LogP contribution in [0.1, 0.15) is 31.2 Å². The van der Waals surface area contributed by atoms with Gasteiger partial charge in [0.1, 0.15) is 0 Å². The van der Waals surface area contributed by atoms with E-state index >= 15 is 0 Å². The highest BCUT2D eigenvalue weighted by molar-refractivity contribution is 6.37. The molecule has 1 fully saturated rings. The Morgan fingerprint density at radius 1 is 1.19 bits per heavy atom. The summed E-state index contributed by atoms with van der Waals surface area (Å²) in [5.41, 5.74) is 6.47. The van der Waals surface area contributed by atoms with Gasteiger partial charge in [0, 0.05) is 6.54 Å². The molecule has 0 amide bonds. The lowest BCUT2D eigenvalue weighted by Crippen LogP contribution is -2.11. The molecule has 0 radical (unpaired) electrons. The van der Waals surface area contributed by atoms with E-state index in [0.717, 1.165) is 18.4 Å². The molecular formula is C12H15Cl2NO. The van der Waals surface area contributed by atoms with Gasteiger partial charge in [-0.1, -0.05) is 23.2 Å². The molecule has 0 spiro atoms. The van der Waals surface area contributed by atoms with E-state index in [9.17, 15) is 0 Å². The standard InChI is InChI=1S/C12H15Cl2NO/c13-10-5-8(7-15)6-11(14)12(10)16-9-3-1-2-4-9/h5-6,9H,1-4,7,15H2. The van der Waals surface area contributed by atoms with Gasteiger partial charge in [-0.3, -0.25) is 0 Å². The SMILES string of the molecule is NCc1cc(Cl)c(OC2CCCC2)c(Cl)c1. The van der Waals surface area contributed by atoms with Gasteiger partial charge in [-0.25, -0.2) is 0 Å². The Morgan fingerprint density at radius 2 is 1.75 bits per heavy atom. The fourth-order valence-corrected chi connectivity index (χ4v) is 2.64. The second-order valence-electron chi connectivity index (χ2n) is 4.12. The quantitative estimate of drug-likeness (QED) is 0.897. The molecule has 1 aromatic carbocycles. The van der Waals surface area contributed by atoms with Crippen molar-refractivity contribution in [1.29, 1.82) is 0 Å². The van der Waals surface area contributed by atoms with E-state index < -0.39 is 0 Å². The smallest absolute Gasteiger partial charge is 0.156 e. The van der Waals surface area contributed by atoms with Gasteiger partial charge in [0.15, 0.2) is 5.75 Å². The largest absolute Gasteiger partial charge is 0.487 e. The third kappa shape index (κ3) is 2.62. The normalized spacial score (nSPS) is 16.7. The summed E-state index contributed by atoms with van der Waals surface area (Å²) in [6, 6.07) is 3.63. The molecule has 1 saturated carbocycles. The van der Waals surface area contributed by atoms with E-state index in [1.165, 1.54) is 12.8 Å². The third-order valence-corrected chi connectivity index (χ3v) is 3.44. The van der Waals surface area contributed by atoms with Crippen molar-refractivity contribution in [3.63, 3.8) is 0 Å². The molecule has 1 aliphatic carbocycles. The molecule has 16 heavy (non-hydrogen) atoms. The van der Waals surface area contributed by atoms with Gasteiger partial charge in [-0.05, 0) is 43.4 Å². The average Bonchev–Trinajstić information content (AvgIpc) is 2.75. The van der Waals surface area contributed by atoms with Crippen LogP contribution in [0.25, 0.3) is 0 Å². The number of benzene rings is 1. The molecule has 2 N–H and O–H groups in total. The molecule has 2 rings (SSSR count). The van der Waals surface area contributed by atoms with Crippen LogP contribution in [0.2, 0.25) is 10.0 Å². The topological polar surface area (TPSA) is 35.2 Å². The maximum Gasteiger partial charge on any atom is 0.156 e. The van der Waals surface area contributed by atoms with Gasteiger partial charge in [0.25, 0.3) is 0 Å². The van der Waals surface area contributed by atoms with Crippen LogP contribution >= 0.6 is 23.2 Å². The van der Waals surface area contributed by atoms with Crippen LogP contribution in [0.4, 0.5) is 0 Å². The summed E-state index contributed by atoms with van der Waals surface area (Å²) in [4.78, 5) is 0. The van der Waals surface area contributed by atoms with Crippen molar-refractivity contribution < 1.29 is 4.74 Å². The van der Waals surface area contributed by atoms with E-state index in [0.29, 0.717) is 22.3 Å². The molecule has 0 aliphatic heterocycles. The molecule has 0 bridgehead atoms. The number of nitrogens with two attached hydrogens (primary N) is 1. The lowest BCUT2D eigenvalue weighted by atomic mass is 10.2. The van der Waals surface area contributed by atoms with Gasteiger partial charge < -0.3 is 10.5 Å². The van der Waals surface area contributed by atoms with Gasteiger partial charge >= 0.3 is 0 Å². The van der Waals surface area contributed by atoms with Crippen LogP contribution in [0, 0.1) is 0 Å². The van der Waals surface area contributed by atoms with Crippen LogP contribution in [0.5, 0.6) is 5.75 Å². The van der Waals surface area contributed by atoms with Gasteiger partial charge in [-0.2, -0.15) is 0 Å². The van der Waals surface area contributed by atoms with E-state index in [-0.39, 0.29) is 6.10 Å². The van der Waals surface area contributed by atoms with Gasteiger partial charge in [0.2, 0.25) is 0 Å². The number of halogens is 2. The molecule has 4 heteroatoms. The third-order valence-electron chi connectivity index (χ3n) is 2.88. The van der Waals surface area contributed by atoms with Crippen molar-refractivity contribution >= 4 is 23.2 Å². The predicted octanol–water partition coefficient (Wildman–Crippen LogP) is 3.77. The van der Waals surface area contributed by atoms with Crippen molar-refractivity contribution in [2.45, 2.75) is 38.3 Å². The molecule has 0 heterocycles. The molecule has 0 saturated heterocycles. The summed E-state index contributed by atoms with van der Waals surface area (Å²) in [5, 5.41) is 1.11. The summed E-state index contributed by atoms with van der Waals surface area (Å²) < 4.78 is 5.83. The Morgan fingerprint density at radius 3 is 2.25 bits per heavy atom.